The molecule has 6 heterocycles. The maximum absolute atomic E-state index is 14.3. The Balaban J connectivity index is 0.596. The van der Waals surface area contributed by atoms with Crippen LogP contribution < -0.4 is 31.9 Å². The molecule has 47 heteroatoms. The van der Waals surface area contributed by atoms with Gasteiger partial charge in [0, 0.05) is 71.0 Å². The summed E-state index contributed by atoms with van der Waals surface area (Å²) in [6, 6.07) is -3.53. The highest BCUT2D eigenvalue weighted by Crippen LogP contribution is 2.44. The Morgan fingerprint density at radius 3 is 1.37 bits per heavy atom. The molecule has 0 radical (unpaired) electrons. The van der Waals surface area contributed by atoms with Gasteiger partial charge in [-0.3, -0.25) is 43.2 Å². The Morgan fingerprint density at radius 2 is 0.921 bits per heavy atom. The highest BCUT2D eigenvalue weighted by Gasteiger charge is 2.57. The third kappa shape index (κ3) is 33.1. The molecule has 47 nitrogen and oxygen atoms in total. The zero-order valence-electron chi connectivity index (χ0n) is 81.0. The Labute approximate surface area is 812 Å². The predicted molar refractivity (Wildman–Crippen MR) is 484 cm³/mol. The first kappa shape index (κ1) is 114. The molecule has 8 aliphatic rings. The number of aliphatic hydroxyl groups excluding tert-OH is 10. The second kappa shape index (κ2) is 56.6. The van der Waals surface area contributed by atoms with E-state index in [1.54, 1.807) is 0 Å². The van der Waals surface area contributed by atoms with Gasteiger partial charge in [0.2, 0.25) is 23.6 Å². The Bertz CT molecular complexity index is 4240. The average Bonchev–Trinajstić information content (AvgIpc) is 0.842. The van der Waals surface area contributed by atoms with E-state index in [0.717, 1.165) is 64.2 Å². The van der Waals surface area contributed by atoms with E-state index in [1.165, 1.54) is 56.4 Å². The van der Waals surface area contributed by atoms with Gasteiger partial charge in [0.1, 0.15) is 96.9 Å². The lowest BCUT2D eigenvalue weighted by Crippen LogP contribution is -2.67. The number of aliphatic hydroxyl groups is 10. The van der Waals surface area contributed by atoms with Crippen LogP contribution in [0.1, 0.15) is 243 Å². The highest BCUT2D eigenvalue weighted by molar-refractivity contribution is 5.92. The molecule has 18 N–H and O–H groups in total. The first-order valence-electron chi connectivity index (χ1n) is 49.8. The number of nitrogens with zero attached hydrogens (tertiary/aromatic N) is 6. The van der Waals surface area contributed by atoms with Crippen LogP contribution in [0.15, 0.2) is 12.4 Å². The summed E-state index contributed by atoms with van der Waals surface area (Å²) >= 11 is 0. The van der Waals surface area contributed by atoms with Crippen LogP contribution in [0.5, 0.6) is 0 Å². The number of carbonyl (C=O) groups is 11. The van der Waals surface area contributed by atoms with E-state index in [-0.39, 0.29) is 170 Å². The molecule has 8 fully saturated rings. The number of ether oxygens (including phenoxy) is 12. The Kier molecular flexibility index (Phi) is 46.1. The monoisotopic (exact) mass is 2000 g/mol. The second-order valence-corrected chi connectivity index (χ2v) is 38.5. The summed E-state index contributed by atoms with van der Waals surface area (Å²) in [4.78, 5) is 145. The molecule has 10 rings (SSSR count). The van der Waals surface area contributed by atoms with Crippen molar-refractivity contribution in [1.29, 1.82) is 0 Å². The van der Waals surface area contributed by atoms with Crippen molar-refractivity contribution in [1.82, 2.24) is 61.9 Å². The number of hydrogen-bond acceptors (Lipinski definition) is 37. The van der Waals surface area contributed by atoms with Gasteiger partial charge in [-0.1, -0.05) is 114 Å². The third-order valence-electron chi connectivity index (χ3n) is 28.1. The molecule has 792 valence electrons. The van der Waals surface area contributed by atoms with E-state index in [4.69, 9.17) is 56.8 Å². The molecule has 2 aromatic rings. The fourth-order valence-corrected chi connectivity index (χ4v) is 20.1. The molecular formula is C93H150N12O35. The lowest BCUT2D eigenvalue weighted by molar-refractivity contribution is -0.338. The van der Waals surface area contributed by atoms with Gasteiger partial charge in [0.05, 0.1) is 108 Å². The molecule has 4 aliphatic carbocycles. The van der Waals surface area contributed by atoms with Crippen molar-refractivity contribution in [2.75, 3.05) is 59.3 Å². The summed E-state index contributed by atoms with van der Waals surface area (Å²) in [5.74, 6) is -8.84. The van der Waals surface area contributed by atoms with Crippen LogP contribution in [0, 0.1) is 35.5 Å². The maximum atomic E-state index is 14.3. The molecule has 0 bridgehead atoms. The van der Waals surface area contributed by atoms with Crippen molar-refractivity contribution in [3.63, 3.8) is 0 Å². The lowest BCUT2D eigenvalue weighted by atomic mass is 9.74. The van der Waals surface area contributed by atoms with Crippen LogP contribution in [0.2, 0.25) is 0 Å². The van der Waals surface area contributed by atoms with Gasteiger partial charge in [-0.15, -0.1) is 10.2 Å². The standard InChI is InChI=1S/C93H150N12O35/c1-8-55-40-57(42-64(81(55)139-92-79(120)77(118)73(114)49(4)131-92)135-90-71(97-51(6)109)83(75(116)68(46-106)137-90)133-66(88(125)126)38-53-20-13-10-14-21-53)63(112)26-19-29-94-86(123)61-44-104(102-100-61)32-36-129-34-27-59(111)24-17-12-18-25-60(48(3)108)99-70(113)28-35-130-37-33-105-45-62(101-103-105)87(124)96-31-30-95-85(122)58-41-56(9-2)82(140-93-80(121)78(119)74(115)50(5)132-93)65(43-58)136-91-72(98-52(7)110)84(76(117)69(47-107)138-91)134-67(89(127)128)39-54-22-15-11-16-23-54/h44-45,49-50,53-58,60,64-69,71-84,90-93,106-107,114-121H,8-43,46-47H2,1-7H3,(H,94,123)(H,95,122)(H,96,124)(H,97,109)(H,98,110)(H,99,113)(H,125,126)(H,127,128)/t49?,50?,55?,56?,57?,58?,60-,64+,65+,66-,67-,68-,69-,71?,72?,73+,74+,75-,76-,77-,78-,79?,80?,81+,82+,83?,84?,90+,91+,92-,93-/m0/s1. The molecule has 140 heavy (non-hydrogen) atoms. The Hall–Kier alpha value is -7.83. The van der Waals surface area contributed by atoms with Gasteiger partial charge in [0.25, 0.3) is 11.8 Å². The van der Waals surface area contributed by atoms with Crippen LogP contribution in [-0.4, -0.2) is 381 Å². The minimum absolute atomic E-state index is 0.000597. The van der Waals surface area contributed by atoms with Gasteiger partial charge < -0.3 is 150 Å². The SMILES string of the molecule is CCC1CC(C(=O)CCCNC(=O)c2cn(CCOCCC(=O)CCCCC[C@H](NC(=O)CCOCCn3cc(C(=O)NCCNC(=O)C4CC(CC)[C@@H](O[C@@H]5OC(C)[C@@H](O)[C@H](O)C5O)[C@H](O[C@@H]5O[C@@H](CO)[C@H](O)C(O[C@@H](CC6CCCCC6)C(=O)O)C5NC(C)=O)C4)nn3)C(C)=O)nn2)C[C@@H](O[C@@H]2O[C@@H](CO)[C@H](O)C(O[C@@H](CC3CCCCC3)C(=O)O)C2NC(C)=O)[C@@H]1O[C@@H]1OC(C)[C@@H](O)[C@H](O)C1O. The fourth-order valence-electron chi connectivity index (χ4n) is 20.1. The average molecular weight is 2000 g/mol. The van der Waals surface area contributed by atoms with E-state index < -0.39 is 250 Å². The van der Waals surface area contributed by atoms with Crippen molar-refractivity contribution in [2.45, 2.75) is 400 Å². The first-order chi connectivity index (χ1) is 67.0. The number of rotatable bonds is 55. The molecule has 6 amide bonds. The molecule has 0 aromatic carbocycles. The minimum Gasteiger partial charge on any atom is -0.479 e. The van der Waals surface area contributed by atoms with Crippen LogP contribution in [-0.2, 0) is 113 Å². The van der Waals surface area contributed by atoms with Gasteiger partial charge in [0.15, 0.2) is 54.5 Å². The first-order valence-corrected chi connectivity index (χ1v) is 49.8. The van der Waals surface area contributed by atoms with Crippen LogP contribution in [0.25, 0.3) is 0 Å². The largest absolute Gasteiger partial charge is 0.479 e. The maximum Gasteiger partial charge on any atom is 0.332 e. The van der Waals surface area contributed by atoms with Crippen LogP contribution in [0.4, 0.5) is 0 Å². The topological polar surface area (TPSA) is 675 Å². The van der Waals surface area contributed by atoms with Gasteiger partial charge >= 0.3 is 11.9 Å². The van der Waals surface area contributed by atoms with E-state index >= 15 is 0 Å². The molecular weight excluding hydrogens is 1850 g/mol. The number of ketones is 3. The van der Waals surface area contributed by atoms with Crippen molar-refractivity contribution >= 4 is 64.7 Å². The third-order valence-corrected chi connectivity index (χ3v) is 28.1. The molecule has 2 aromatic heterocycles. The van der Waals surface area contributed by atoms with Crippen molar-refractivity contribution in [2.24, 2.45) is 35.5 Å². The molecule has 0 spiro atoms. The minimum atomic E-state index is -1.74. The smallest absolute Gasteiger partial charge is 0.332 e. The van der Waals surface area contributed by atoms with E-state index in [0.29, 0.717) is 38.5 Å². The molecule has 4 saturated heterocycles. The summed E-state index contributed by atoms with van der Waals surface area (Å²) < 4.78 is 76.9. The number of unbranched alkanes of at least 4 members (excludes halogenated alkanes) is 2. The van der Waals surface area contributed by atoms with E-state index in [2.05, 4.69) is 52.5 Å². The molecule has 4 aliphatic heterocycles. The number of amides is 6. The number of Topliss-reactive ketones (excluding diaryl/α,β-unsaturated/α-hetero) is 3. The number of nitrogens with one attached hydrogen (secondary N) is 6. The fraction of sp³-hybridized carbons (Fsp3) is 0.839. The van der Waals surface area contributed by atoms with E-state index in [1.807, 2.05) is 13.8 Å². The van der Waals surface area contributed by atoms with Gasteiger partial charge in [-0.2, -0.15) is 0 Å². The summed E-state index contributed by atoms with van der Waals surface area (Å²) in [6.07, 6.45) is -18.6. The van der Waals surface area contributed by atoms with Crippen LogP contribution >= 0.6 is 0 Å². The summed E-state index contributed by atoms with van der Waals surface area (Å²) in [5, 5.41) is 162. The lowest BCUT2D eigenvalue weighted by Gasteiger charge is -2.49. The summed E-state index contributed by atoms with van der Waals surface area (Å²) in [7, 11) is 0. The number of carboxylic acid groups (broad SMARTS) is 2. The number of carbonyl (C=O) groups excluding carboxylic acids is 9. The quantitative estimate of drug-likeness (QED) is 0.0344. The second-order valence-electron chi connectivity index (χ2n) is 38.5. The van der Waals surface area contributed by atoms with Crippen LogP contribution in [0.3, 0.4) is 0 Å². The zero-order valence-corrected chi connectivity index (χ0v) is 81.0. The van der Waals surface area contributed by atoms with Crippen molar-refractivity contribution < 1.29 is 171 Å². The van der Waals surface area contributed by atoms with E-state index in [9.17, 15) is 114 Å². The highest BCUT2D eigenvalue weighted by atomic mass is 16.7. The number of aromatic nitrogens is 6. The van der Waals surface area contributed by atoms with Gasteiger partial charge in [-0.25, -0.2) is 19.0 Å². The number of carboxylic acids is 2. The predicted octanol–water partition coefficient (Wildman–Crippen LogP) is -1.25. The number of aliphatic carboxylic acids is 2. The van der Waals surface area contributed by atoms with Crippen molar-refractivity contribution in [3.05, 3.63) is 23.8 Å². The Morgan fingerprint density at radius 1 is 0.471 bits per heavy atom. The molecule has 31 atom stereocenters. The zero-order chi connectivity index (χ0) is 102. The number of hydrogen-bond donors (Lipinski definition) is 18. The normalized spacial score (nSPS) is 32.5. The molecule has 12 unspecified atom stereocenters. The summed E-state index contributed by atoms with van der Waals surface area (Å²) in [5.41, 5.74) is -0.0484. The van der Waals surface area contributed by atoms with Crippen molar-refractivity contribution in [3.8, 4) is 0 Å². The molecule has 4 saturated carbocycles. The summed E-state index contributed by atoms with van der Waals surface area (Å²) in [6.45, 7) is 9.50. The van der Waals surface area contributed by atoms with Gasteiger partial charge in [-0.05, 0) is 102 Å².